The van der Waals surface area contributed by atoms with E-state index in [1.54, 1.807) is 0 Å². The molecule has 1 amide bonds. The summed E-state index contributed by atoms with van der Waals surface area (Å²) in [6, 6.07) is 0. The highest BCUT2D eigenvalue weighted by Gasteiger charge is 2.26. The molecule has 1 aliphatic rings. The van der Waals surface area contributed by atoms with Gasteiger partial charge in [0.05, 0.1) is 0 Å². The molecule has 1 heterocycles. The van der Waals surface area contributed by atoms with Crippen LogP contribution in [0.15, 0.2) is 0 Å². The van der Waals surface area contributed by atoms with Gasteiger partial charge in [-0.1, -0.05) is 0 Å². The van der Waals surface area contributed by atoms with Crippen LogP contribution in [0.5, 0.6) is 0 Å². The first kappa shape index (κ1) is 17.2. The number of ether oxygens (including phenoxy) is 1. The number of hydrogen-bond donors (Lipinski definition) is 2. The Morgan fingerprint density at radius 3 is 2.50 bits per heavy atom. The molecule has 5 nitrogen and oxygen atoms in total. The van der Waals surface area contributed by atoms with Gasteiger partial charge in [0, 0.05) is 13.1 Å². The van der Waals surface area contributed by atoms with Crippen molar-refractivity contribution in [1.29, 1.82) is 0 Å². The summed E-state index contributed by atoms with van der Waals surface area (Å²) >= 11 is 0. The van der Waals surface area contributed by atoms with E-state index in [4.69, 9.17) is 10.5 Å². The largest absolute Gasteiger partial charge is 0.444 e. The molecule has 0 atom stereocenters. The SMILES string of the molecule is CC(C)(C)OC(=O)N1CCC(CNCCCCN)CC1. The minimum Gasteiger partial charge on any atom is -0.444 e. The maximum Gasteiger partial charge on any atom is 0.410 e. The topological polar surface area (TPSA) is 67.6 Å². The number of hydrogen-bond acceptors (Lipinski definition) is 4. The quantitative estimate of drug-likeness (QED) is 0.732. The van der Waals surface area contributed by atoms with Gasteiger partial charge in [0.15, 0.2) is 0 Å². The zero-order chi connectivity index (χ0) is 15.0. The van der Waals surface area contributed by atoms with Crippen molar-refractivity contribution in [3.05, 3.63) is 0 Å². The van der Waals surface area contributed by atoms with Gasteiger partial charge in [-0.25, -0.2) is 4.79 Å². The Labute approximate surface area is 123 Å². The minimum absolute atomic E-state index is 0.174. The van der Waals surface area contributed by atoms with E-state index in [0.29, 0.717) is 5.92 Å². The zero-order valence-corrected chi connectivity index (χ0v) is 13.3. The molecular weight excluding hydrogens is 254 g/mol. The van der Waals surface area contributed by atoms with Crippen molar-refractivity contribution < 1.29 is 9.53 Å². The number of nitrogens with one attached hydrogen (secondary N) is 1. The smallest absolute Gasteiger partial charge is 0.410 e. The monoisotopic (exact) mass is 285 g/mol. The third kappa shape index (κ3) is 7.10. The second-order valence-corrected chi connectivity index (χ2v) is 6.61. The number of unbranched alkanes of at least 4 members (excludes halogenated alkanes) is 1. The van der Waals surface area contributed by atoms with E-state index >= 15 is 0 Å². The summed E-state index contributed by atoms with van der Waals surface area (Å²) in [6.07, 6.45) is 4.18. The maximum absolute atomic E-state index is 11.9. The number of rotatable bonds is 6. The summed E-state index contributed by atoms with van der Waals surface area (Å²) in [7, 11) is 0. The summed E-state index contributed by atoms with van der Waals surface area (Å²) in [5.74, 6) is 0.673. The molecule has 0 radical (unpaired) electrons. The Kier molecular flexibility index (Phi) is 7.30. The van der Waals surface area contributed by atoms with E-state index in [-0.39, 0.29) is 6.09 Å². The summed E-state index contributed by atoms with van der Waals surface area (Å²) in [5, 5.41) is 3.48. The van der Waals surface area contributed by atoms with E-state index in [0.717, 1.165) is 58.4 Å². The van der Waals surface area contributed by atoms with Gasteiger partial charge in [-0.3, -0.25) is 0 Å². The van der Waals surface area contributed by atoms with Crippen LogP contribution in [0.2, 0.25) is 0 Å². The number of amides is 1. The molecule has 3 N–H and O–H groups in total. The van der Waals surface area contributed by atoms with Crippen LogP contribution in [0.4, 0.5) is 4.79 Å². The molecule has 0 aromatic carbocycles. The van der Waals surface area contributed by atoms with Crippen LogP contribution in [-0.4, -0.2) is 49.3 Å². The maximum atomic E-state index is 11.9. The Morgan fingerprint density at radius 2 is 1.95 bits per heavy atom. The molecule has 118 valence electrons. The lowest BCUT2D eigenvalue weighted by Gasteiger charge is -2.33. The molecular formula is C15H31N3O2. The first-order valence-corrected chi connectivity index (χ1v) is 7.81. The van der Waals surface area contributed by atoms with Crippen molar-refractivity contribution in [2.75, 3.05) is 32.7 Å². The average molecular weight is 285 g/mol. The van der Waals surface area contributed by atoms with Crippen LogP contribution in [-0.2, 0) is 4.74 Å². The lowest BCUT2D eigenvalue weighted by molar-refractivity contribution is 0.0184. The van der Waals surface area contributed by atoms with E-state index < -0.39 is 5.60 Å². The highest BCUT2D eigenvalue weighted by atomic mass is 16.6. The van der Waals surface area contributed by atoms with Gasteiger partial charge >= 0.3 is 6.09 Å². The summed E-state index contributed by atoms with van der Waals surface area (Å²) in [5.41, 5.74) is 5.06. The van der Waals surface area contributed by atoms with Gasteiger partial charge in [-0.05, 0) is 72.0 Å². The van der Waals surface area contributed by atoms with Gasteiger partial charge in [0.2, 0.25) is 0 Å². The number of piperidine rings is 1. The molecule has 0 bridgehead atoms. The lowest BCUT2D eigenvalue weighted by Crippen LogP contribution is -2.43. The van der Waals surface area contributed by atoms with Crippen molar-refractivity contribution in [2.45, 2.75) is 52.1 Å². The molecule has 0 unspecified atom stereocenters. The highest BCUT2D eigenvalue weighted by Crippen LogP contribution is 2.19. The summed E-state index contributed by atoms with van der Waals surface area (Å²) in [6.45, 7) is 10.2. The predicted octanol–water partition coefficient (Wildman–Crippen LogP) is 1.96. The van der Waals surface area contributed by atoms with Gasteiger partial charge in [0.1, 0.15) is 5.60 Å². The standard InChI is InChI=1S/C15H31N3O2/c1-15(2,3)20-14(19)18-10-6-13(7-11-18)12-17-9-5-4-8-16/h13,17H,4-12,16H2,1-3H3. The minimum atomic E-state index is -0.404. The molecule has 20 heavy (non-hydrogen) atoms. The van der Waals surface area contributed by atoms with Gasteiger partial charge in [-0.2, -0.15) is 0 Å². The van der Waals surface area contributed by atoms with E-state index in [9.17, 15) is 4.79 Å². The molecule has 1 saturated heterocycles. The Hall–Kier alpha value is -0.810. The lowest BCUT2D eigenvalue weighted by atomic mass is 9.97. The van der Waals surface area contributed by atoms with Crippen molar-refractivity contribution in [1.82, 2.24) is 10.2 Å². The number of nitrogens with two attached hydrogens (primary N) is 1. The van der Waals surface area contributed by atoms with Crippen molar-refractivity contribution >= 4 is 6.09 Å². The fourth-order valence-corrected chi connectivity index (χ4v) is 2.35. The third-order valence-electron chi connectivity index (χ3n) is 3.51. The van der Waals surface area contributed by atoms with Gasteiger partial charge in [-0.15, -0.1) is 0 Å². The predicted molar refractivity (Wildman–Crippen MR) is 81.7 cm³/mol. The number of carbonyl (C=O) groups is 1. The Balaban J connectivity index is 2.15. The summed E-state index contributed by atoms with van der Waals surface area (Å²) < 4.78 is 5.40. The molecule has 5 heteroatoms. The number of carbonyl (C=O) groups excluding carboxylic acids is 1. The van der Waals surface area contributed by atoms with Gasteiger partial charge < -0.3 is 20.7 Å². The van der Waals surface area contributed by atoms with Gasteiger partial charge in [0.25, 0.3) is 0 Å². The van der Waals surface area contributed by atoms with E-state index in [2.05, 4.69) is 5.32 Å². The van der Waals surface area contributed by atoms with E-state index in [1.165, 1.54) is 0 Å². The third-order valence-corrected chi connectivity index (χ3v) is 3.51. The van der Waals surface area contributed by atoms with Crippen LogP contribution in [0, 0.1) is 5.92 Å². The fourth-order valence-electron chi connectivity index (χ4n) is 2.35. The molecule has 0 aliphatic carbocycles. The number of nitrogens with zero attached hydrogens (tertiary/aromatic N) is 1. The molecule has 1 fully saturated rings. The molecule has 1 rings (SSSR count). The molecule has 0 aromatic heterocycles. The van der Waals surface area contributed by atoms with Crippen LogP contribution in [0.25, 0.3) is 0 Å². The number of likely N-dealkylation sites (tertiary alicyclic amines) is 1. The fraction of sp³-hybridized carbons (Fsp3) is 0.933. The Morgan fingerprint density at radius 1 is 1.30 bits per heavy atom. The zero-order valence-electron chi connectivity index (χ0n) is 13.3. The molecule has 1 aliphatic heterocycles. The first-order chi connectivity index (χ1) is 9.42. The Bertz CT molecular complexity index is 281. The summed E-state index contributed by atoms with van der Waals surface area (Å²) in [4.78, 5) is 13.8. The first-order valence-electron chi connectivity index (χ1n) is 7.81. The van der Waals surface area contributed by atoms with Crippen LogP contribution >= 0.6 is 0 Å². The normalized spacial score (nSPS) is 17.3. The molecule has 0 aromatic rings. The molecule has 0 spiro atoms. The van der Waals surface area contributed by atoms with E-state index in [1.807, 2.05) is 25.7 Å². The second kappa shape index (κ2) is 8.47. The molecule has 0 saturated carbocycles. The van der Waals surface area contributed by atoms with Crippen molar-refractivity contribution in [3.63, 3.8) is 0 Å². The van der Waals surface area contributed by atoms with Crippen LogP contribution < -0.4 is 11.1 Å². The van der Waals surface area contributed by atoms with Crippen LogP contribution in [0.3, 0.4) is 0 Å². The van der Waals surface area contributed by atoms with Crippen molar-refractivity contribution in [3.8, 4) is 0 Å². The highest BCUT2D eigenvalue weighted by molar-refractivity contribution is 5.68. The van der Waals surface area contributed by atoms with Crippen LogP contribution in [0.1, 0.15) is 46.5 Å². The average Bonchev–Trinajstić information content (AvgIpc) is 2.37. The van der Waals surface area contributed by atoms with Crippen molar-refractivity contribution in [2.24, 2.45) is 11.7 Å². The second-order valence-electron chi connectivity index (χ2n) is 6.61.